The molecule has 0 N–H and O–H groups in total. The number of carbonyl (C=O) groups excluding carboxylic acids is 2. The van der Waals surface area contributed by atoms with Crippen molar-refractivity contribution in [1.82, 2.24) is 4.90 Å². The minimum atomic E-state index is -1.92. The van der Waals surface area contributed by atoms with Crippen LogP contribution in [0.3, 0.4) is 0 Å². The maximum Gasteiger partial charge on any atom is 0.329 e. The Kier molecular flexibility index (Phi) is 5.21. The summed E-state index contributed by atoms with van der Waals surface area (Å²) in [6.07, 6.45) is 1.44. The summed E-state index contributed by atoms with van der Waals surface area (Å²) in [6, 6.07) is -0.308. The Balaban J connectivity index is 2.03. The van der Waals surface area contributed by atoms with E-state index in [0.717, 1.165) is 6.42 Å². The van der Waals surface area contributed by atoms with Gasteiger partial charge in [0.25, 0.3) is 0 Å². The smallest absolute Gasteiger partial charge is 0.329 e. The molecule has 0 bridgehead atoms. The van der Waals surface area contributed by atoms with Crippen LogP contribution in [0.5, 0.6) is 0 Å². The van der Waals surface area contributed by atoms with E-state index in [2.05, 4.69) is 33.9 Å². The number of rotatable bonds is 4. The number of nitrogens with zero attached hydrogens (tertiary/aromatic N) is 1. The molecule has 0 aromatic rings. The predicted molar refractivity (Wildman–Crippen MR) is 101 cm³/mol. The zero-order chi connectivity index (χ0) is 19.4. The third-order valence-corrected chi connectivity index (χ3v) is 10.4. The molecule has 0 aliphatic carbocycles. The molecule has 1 unspecified atom stereocenters. The second kappa shape index (κ2) is 6.37. The van der Waals surface area contributed by atoms with Crippen LogP contribution in [0, 0.1) is 5.92 Å². The second-order valence-corrected chi connectivity index (χ2v) is 14.8. The summed E-state index contributed by atoms with van der Waals surface area (Å²) in [6.45, 7) is 18.6. The number of β-lactam (4-membered cyclic amide) rings is 1. The van der Waals surface area contributed by atoms with Crippen molar-refractivity contribution in [3.63, 3.8) is 0 Å². The van der Waals surface area contributed by atoms with Crippen LogP contribution in [-0.4, -0.2) is 48.9 Å². The Morgan fingerprint density at radius 3 is 2.20 bits per heavy atom. The second-order valence-electron chi connectivity index (χ2n) is 10.0. The van der Waals surface area contributed by atoms with E-state index >= 15 is 0 Å². The van der Waals surface area contributed by atoms with Gasteiger partial charge in [0.05, 0.1) is 12.0 Å². The first kappa shape index (κ1) is 20.4. The molecule has 1 amide bonds. The van der Waals surface area contributed by atoms with Crippen molar-refractivity contribution in [3.8, 4) is 0 Å². The monoisotopic (exact) mass is 369 g/mol. The normalized spacial score (nSPS) is 28.4. The van der Waals surface area contributed by atoms with E-state index < -0.39 is 20.0 Å². The molecular weight excluding hydrogens is 334 g/mol. The number of amides is 1. The number of hydrogen-bond acceptors (Lipinski definition) is 4. The lowest BCUT2D eigenvalue weighted by Gasteiger charge is -2.49. The maximum atomic E-state index is 12.8. The lowest BCUT2D eigenvalue weighted by Crippen LogP contribution is -2.66. The zero-order valence-corrected chi connectivity index (χ0v) is 18.3. The van der Waals surface area contributed by atoms with Gasteiger partial charge in [0.2, 0.25) is 5.91 Å². The van der Waals surface area contributed by atoms with Gasteiger partial charge in [-0.05, 0) is 58.7 Å². The van der Waals surface area contributed by atoms with Gasteiger partial charge < -0.3 is 14.1 Å². The number of esters is 1. The van der Waals surface area contributed by atoms with Crippen molar-refractivity contribution >= 4 is 20.2 Å². The van der Waals surface area contributed by atoms with Gasteiger partial charge >= 0.3 is 5.97 Å². The van der Waals surface area contributed by atoms with Crippen LogP contribution in [0.4, 0.5) is 0 Å². The van der Waals surface area contributed by atoms with Gasteiger partial charge in [-0.2, -0.15) is 0 Å². The van der Waals surface area contributed by atoms with Crippen molar-refractivity contribution in [2.24, 2.45) is 5.92 Å². The minimum absolute atomic E-state index is 0.0459. The lowest BCUT2D eigenvalue weighted by atomic mass is 9.84. The Bertz CT molecular complexity index is 547. The average Bonchev–Trinajstić information content (AvgIpc) is 2.74. The summed E-state index contributed by atoms with van der Waals surface area (Å²) in [4.78, 5) is 26.9. The van der Waals surface area contributed by atoms with E-state index in [-0.39, 0.29) is 35.0 Å². The molecule has 144 valence electrons. The standard InChI is InChI=1S/C19H35NO4Si/c1-12(24-25(8,9)19(5,6)7)15-13-10-11-14(20(13)16(15)21)17(22)23-18(2,3)4/h12-15H,10-11H2,1-9H3/t12-,13-,14?,15-/m1/s1. The van der Waals surface area contributed by atoms with Crippen LogP contribution in [0.1, 0.15) is 61.3 Å². The first-order valence-electron chi connectivity index (χ1n) is 9.38. The van der Waals surface area contributed by atoms with Crippen molar-refractivity contribution in [1.29, 1.82) is 0 Å². The van der Waals surface area contributed by atoms with Crippen LogP contribution in [0.2, 0.25) is 18.1 Å². The largest absolute Gasteiger partial charge is 0.458 e. The first-order valence-corrected chi connectivity index (χ1v) is 12.3. The van der Waals surface area contributed by atoms with Gasteiger partial charge in [-0.3, -0.25) is 4.79 Å². The highest BCUT2D eigenvalue weighted by Crippen LogP contribution is 2.45. The number of carbonyl (C=O) groups is 2. The van der Waals surface area contributed by atoms with Crippen LogP contribution in [0.15, 0.2) is 0 Å². The molecule has 5 nitrogen and oxygen atoms in total. The molecule has 0 spiro atoms. The van der Waals surface area contributed by atoms with Crippen molar-refractivity contribution in [2.45, 2.75) is 103 Å². The van der Waals surface area contributed by atoms with Gasteiger partial charge in [-0.25, -0.2) is 4.79 Å². The first-order chi connectivity index (χ1) is 11.2. The van der Waals surface area contributed by atoms with Crippen LogP contribution >= 0.6 is 0 Å². The molecule has 2 fully saturated rings. The topological polar surface area (TPSA) is 55.8 Å². The number of fused-ring (bicyclic) bond motifs is 1. The fourth-order valence-electron chi connectivity index (χ4n) is 3.59. The molecule has 2 aliphatic heterocycles. The van der Waals surface area contributed by atoms with Gasteiger partial charge in [0.1, 0.15) is 11.6 Å². The maximum absolute atomic E-state index is 12.8. The van der Waals surface area contributed by atoms with Gasteiger partial charge in [0.15, 0.2) is 8.32 Å². The van der Waals surface area contributed by atoms with E-state index in [1.54, 1.807) is 4.90 Å². The number of hydrogen-bond donors (Lipinski definition) is 0. The molecule has 0 saturated carbocycles. The summed E-state index contributed by atoms with van der Waals surface area (Å²) >= 11 is 0. The summed E-state index contributed by atoms with van der Waals surface area (Å²) in [5, 5.41) is 0.114. The highest BCUT2D eigenvalue weighted by molar-refractivity contribution is 6.74. The van der Waals surface area contributed by atoms with Crippen LogP contribution in [0.25, 0.3) is 0 Å². The van der Waals surface area contributed by atoms with Crippen LogP contribution < -0.4 is 0 Å². The summed E-state index contributed by atoms with van der Waals surface area (Å²) in [5.41, 5.74) is -0.527. The van der Waals surface area contributed by atoms with Crippen molar-refractivity contribution in [3.05, 3.63) is 0 Å². The SMILES string of the molecule is C[C@@H](O[Si](C)(C)C(C)(C)C)[C@H]1C(=O)N2C(C(=O)OC(C)(C)C)CC[C@H]12. The quantitative estimate of drug-likeness (QED) is 0.430. The van der Waals surface area contributed by atoms with E-state index in [1.807, 2.05) is 27.7 Å². The summed E-state index contributed by atoms with van der Waals surface area (Å²) < 4.78 is 11.9. The molecule has 2 rings (SSSR count). The lowest BCUT2D eigenvalue weighted by molar-refractivity contribution is -0.176. The molecule has 25 heavy (non-hydrogen) atoms. The van der Waals surface area contributed by atoms with Gasteiger partial charge in [0, 0.05) is 6.04 Å². The Morgan fingerprint density at radius 1 is 1.16 bits per heavy atom. The molecule has 2 heterocycles. The Morgan fingerprint density at radius 2 is 1.72 bits per heavy atom. The van der Waals surface area contributed by atoms with Gasteiger partial charge in [-0.1, -0.05) is 20.8 Å². The fourth-order valence-corrected chi connectivity index (χ4v) is 5.02. The molecule has 0 aromatic carbocycles. The van der Waals surface area contributed by atoms with Crippen molar-refractivity contribution in [2.75, 3.05) is 0 Å². The number of ether oxygens (including phenoxy) is 1. The summed E-state index contributed by atoms with van der Waals surface area (Å²) in [5.74, 6) is -0.356. The highest BCUT2D eigenvalue weighted by atomic mass is 28.4. The molecule has 6 heteroatoms. The predicted octanol–water partition coefficient (Wildman–Crippen LogP) is 3.73. The highest BCUT2D eigenvalue weighted by Gasteiger charge is 2.59. The molecule has 0 aromatic heterocycles. The Hall–Kier alpha value is -0.883. The molecule has 0 radical (unpaired) electrons. The molecule has 2 saturated heterocycles. The van der Waals surface area contributed by atoms with Crippen molar-refractivity contribution < 1.29 is 18.8 Å². The molecule has 4 atom stereocenters. The Labute approximate surface area is 153 Å². The zero-order valence-electron chi connectivity index (χ0n) is 17.3. The van der Waals surface area contributed by atoms with Gasteiger partial charge in [-0.15, -0.1) is 0 Å². The molecular formula is C19H35NO4Si. The van der Waals surface area contributed by atoms with E-state index in [1.165, 1.54) is 0 Å². The summed E-state index contributed by atoms with van der Waals surface area (Å²) in [7, 11) is -1.92. The average molecular weight is 370 g/mol. The minimum Gasteiger partial charge on any atom is -0.458 e. The third kappa shape index (κ3) is 3.95. The fraction of sp³-hybridized carbons (Fsp3) is 0.895. The van der Waals surface area contributed by atoms with E-state index in [0.29, 0.717) is 6.42 Å². The van der Waals surface area contributed by atoms with E-state index in [9.17, 15) is 9.59 Å². The van der Waals surface area contributed by atoms with E-state index in [4.69, 9.17) is 9.16 Å². The van der Waals surface area contributed by atoms with Crippen LogP contribution in [-0.2, 0) is 18.8 Å². The molecule has 2 aliphatic rings. The third-order valence-electron chi connectivity index (χ3n) is 5.85.